The number of benzene rings is 1. The Morgan fingerprint density at radius 2 is 2.21 bits per heavy atom. The summed E-state index contributed by atoms with van der Waals surface area (Å²) in [5, 5.41) is 0. The van der Waals surface area contributed by atoms with Crippen molar-refractivity contribution in [3.63, 3.8) is 0 Å². The summed E-state index contributed by atoms with van der Waals surface area (Å²) >= 11 is 0. The van der Waals surface area contributed by atoms with Crippen LogP contribution in [0.1, 0.15) is 42.3 Å². The standard InChI is InChI=1S/C16H19NO2/c1-3-14-13(6-7-18-14)16(17)11-4-5-15-12(9-11)8-10(2)19-15/h4-7,9-10,16H,3,8,17H2,1-2H3. The lowest BCUT2D eigenvalue weighted by atomic mass is 9.96. The van der Waals surface area contributed by atoms with Crippen LogP contribution in [-0.2, 0) is 12.8 Å². The van der Waals surface area contributed by atoms with Crippen LogP contribution in [0.2, 0.25) is 0 Å². The molecule has 1 aliphatic rings. The molecule has 0 amide bonds. The van der Waals surface area contributed by atoms with Crippen LogP contribution in [0.25, 0.3) is 0 Å². The third-order valence-corrected chi connectivity index (χ3v) is 3.72. The molecule has 0 saturated heterocycles. The average molecular weight is 257 g/mol. The van der Waals surface area contributed by atoms with Gasteiger partial charge >= 0.3 is 0 Å². The predicted molar refractivity (Wildman–Crippen MR) is 74.4 cm³/mol. The predicted octanol–water partition coefficient (Wildman–Crippen LogP) is 3.21. The van der Waals surface area contributed by atoms with E-state index in [1.54, 1.807) is 6.26 Å². The molecule has 2 N–H and O–H groups in total. The van der Waals surface area contributed by atoms with Crippen molar-refractivity contribution in [2.24, 2.45) is 5.73 Å². The zero-order valence-electron chi connectivity index (χ0n) is 11.3. The average Bonchev–Trinajstić information content (AvgIpc) is 3.01. The molecule has 2 atom stereocenters. The molecular formula is C16H19NO2. The first-order chi connectivity index (χ1) is 9.19. The fourth-order valence-corrected chi connectivity index (χ4v) is 2.73. The number of ether oxygens (including phenoxy) is 1. The molecule has 19 heavy (non-hydrogen) atoms. The Balaban J connectivity index is 1.93. The highest BCUT2D eigenvalue weighted by molar-refractivity contribution is 5.44. The second-order valence-corrected chi connectivity index (χ2v) is 5.13. The van der Waals surface area contributed by atoms with Gasteiger partial charge in [-0.15, -0.1) is 0 Å². The first-order valence-corrected chi connectivity index (χ1v) is 6.80. The molecule has 1 aromatic carbocycles. The lowest BCUT2D eigenvalue weighted by Gasteiger charge is -2.13. The summed E-state index contributed by atoms with van der Waals surface area (Å²) in [5.41, 5.74) is 9.81. The maximum Gasteiger partial charge on any atom is 0.123 e. The van der Waals surface area contributed by atoms with Crippen LogP contribution in [0.5, 0.6) is 5.75 Å². The number of rotatable bonds is 3. The molecule has 2 heterocycles. The van der Waals surface area contributed by atoms with E-state index in [2.05, 4.69) is 19.9 Å². The highest BCUT2D eigenvalue weighted by atomic mass is 16.5. The number of nitrogens with two attached hydrogens (primary N) is 1. The van der Waals surface area contributed by atoms with Crippen molar-refractivity contribution in [2.75, 3.05) is 0 Å². The van der Waals surface area contributed by atoms with Gasteiger partial charge in [0, 0.05) is 18.4 Å². The summed E-state index contributed by atoms with van der Waals surface area (Å²) in [6, 6.07) is 8.08. The smallest absolute Gasteiger partial charge is 0.123 e. The molecule has 0 aliphatic carbocycles. The zero-order chi connectivity index (χ0) is 13.4. The van der Waals surface area contributed by atoms with Crippen molar-refractivity contribution < 1.29 is 9.15 Å². The molecule has 0 spiro atoms. The van der Waals surface area contributed by atoms with Gasteiger partial charge in [-0.05, 0) is 30.2 Å². The molecule has 3 rings (SSSR count). The van der Waals surface area contributed by atoms with E-state index in [1.807, 2.05) is 18.2 Å². The van der Waals surface area contributed by atoms with Gasteiger partial charge in [0.05, 0.1) is 12.3 Å². The molecule has 2 unspecified atom stereocenters. The van der Waals surface area contributed by atoms with E-state index >= 15 is 0 Å². The quantitative estimate of drug-likeness (QED) is 0.918. The van der Waals surface area contributed by atoms with Crippen LogP contribution in [0.3, 0.4) is 0 Å². The number of hydrogen-bond acceptors (Lipinski definition) is 3. The Bertz CT molecular complexity index is 588. The Hall–Kier alpha value is -1.74. The van der Waals surface area contributed by atoms with Gasteiger partial charge in [0.1, 0.15) is 17.6 Å². The first-order valence-electron chi connectivity index (χ1n) is 6.80. The van der Waals surface area contributed by atoms with Crippen molar-refractivity contribution in [1.82, 2.24) is 0 Å². The van der Waals surface area contributed by atoms with Crippen LogP contribution < -0.4 is 10.5 Å². The molecule has 1 aromatic heterocycles. The van der Waals surface area contributed by atoms with Gasteiger partial charge in [-0.3, -0.25) is 0 Å². The Morgan fingerprint density at radius 1 is 1.37 bits per heavy atom. The largest absolute Gasteiger partial charge is 0.490 e. The van der Waals surface area contributed by atoms with E-state index in [4.69, 9.17) is 14.9 Å². The monoisotopic (exact) mass is 257 g/mol. The van der Waals surface area contributed by atoms with Crippen molar-refractivity contribution >= 4 is 0 Å². The summed E-state index contributed by atoms with van der Waals surface area (Å²) in [6.07, 6.45) is 3.80. The third kappa shape index (κ3) is 2.15. The molecule has 0 bridgehead atoms. The molecule has 3 nitrogen and oxygen atoms in total. The van der Waals surface area contributed by atoms with Gasteiger partial charge in [0.15, 0.2) is 0 Å². The first kappa shape index (κ1) is 12.3. The SMILES string of the molecule is CCc1occc1C(N)c1ccc2c(c1)CC(C)O2. The summed E-state index contributed by atoms with van der Waals surface area (Å²) in [6.45, 7) is 4.16. The molecular weight excluding hydrogens is 238 g/mol. The van der Waals surface area contributed by atoms with Crippen molar-refractivity contribution in [3.05, 3.63) is 53.0 Å². The highest BCUT2D eigenvalue weighted by Crippen LogP contribution is 2.33. The Morgan fingerprint density at radius 3 is 3.00 bits per heavy atom. The molecule has 1 aliphatic heterocycles. The van der Waals surface area contributed by atoms with Gasteiger partial charge < -0.3 is 14.9 Å². The fourth-order valence-electron chi connectivity index (χ4n) is 2.73. The van der Waals surface area contributed by atoms with Crippen LogP contribution in [0.4, 0.5) is 0 Å². The maximum absolute atomic E-state index is 6.37. The lowest BCUT2D eigenvalue weighted by molar-refractivity contribution is 0.254. The van der Waals surface area contributed by atoms with Crippen molar-refractivity contribution in [2.45, 2.75) is 38.8 Å². The van der Waals surface area contributed by atoms with Gasteiger partial charge in [0.2, 0.25) is 0 Å². The lowest BCUT2D eigenvalue weighted by Crippen LogP contribution is -2.12. The maximum atomic E-state index is 6.37. The van der Waals surface area contributed by atoms with E-state index in [0.29, 0.717) is 0 Å². The van der Waals surface area contributed by atoms with E-state index in [-0.39, 0.29) is 12.1 Å². The minimum absolute atomic E-state index is 0.130. The second kappa shape index (κ2) is 4.74. The third-order valence-electron chi connectivity index (χ3n) is 3.72. The second-order valence-electron chi connectivity index (χ2n) is 5.13. The summed E-state index contributed by atoms with van der Waals surface area (Å²) in [7, 11) is 0. The minimum atomic E-state index is -0.130. The molecule has 3 heteroatoms. The molecule has 0 fully saturated rings. The Labute approximate surface area is 113 Å². The molecule has 0 saturated carbocycles. The Kier molecular flexibility index (Phi) is 3.07. The van der Waals surface area contributed by atoms with Crippen molar-refractivity contribution in [1.29, 1.82) is 0 Å². The van der Waals surface area contributed by atoms with Gasteiger partial charge in [-0.2, -0.15) is 0 Å². The summed E-state index contributed by atoms with van der Waals surface area (Å²) in [4.78, 5) is 0. The van der Waals surface area contributed by atoms with E-state index in [1.165, 1.54) is 5.56 Å². The van der Waals surface area contributed by atoms with E-state index in [9.17, 15) is 0 Å². The highest BCUT2D eigenvalue weighted by Gasteiger charge is 2.21. The molecule has 2 aromatic rings. The number of furan rings is 1. The summed E-state index contributed by atoms with van der Waals surface area (Å²) in [5.74, 6) is 1.96. The number of aryl methyl sites for hydroxylation is 1. The van der Waals surface area contributed by atoms with Crippen LogP contribution in [0, 0.1) is 0 Å². The van der Waals surface area contributed by atoms with Crippen molar-refractivity contribution in [3.8, 4) is 5.75 Å². The normalized spacial score (nSPS) is 19.0. The topological polar surface area (TPSA) is 48.4 Å². The van der Waals surface area contributed by atoms with E-state index in [0.717, 1.165) is 35.5 Å². The van der Waals surface area contributed by atoms with Gasteiger partial charge in [-0.1, -0.05) is 19.1 Å². The molecule has 100 valence electrons. The van der Waals surface area contributed by atoms with Gasteiger partial charge in [0.25, 0.3) is 0 Å². The fraction of sp³-hybridized carbons (Fsp3) is 0.375. The molecule has 0 radical (unpaired) electrons. The minimum Gasteiger partial charge on any atom is -0.490 e. The van der Waals surface area contributed by atoms with Gasteiger partial charge in [-0.25, -0.2) is 0 Å². The number of hydrogen-bond donors (Lipinski definition) is 1. The summed E-state index contributed by atoms with van der Waals surface area (Å²) < 4.78 is 11.2. The zero-order valence-corrected chi connectivity index (χ0v) is 11.3. The van der Waals surface area contributed by atoms with E-state index < -0.39 is 0 Å². The van der Waals surface area contributed by atoms with Crippen LogP contribution in [0.15, 0.2) is 34.9 Å². The number of fused-ring (bicyclic) bond motifs is 1. The van der Waals surface area contributed by atoms with Crippen LogP contribution in [-0.4, -0.2) is 6.10 Å². The van der Waals surface area contributed by atoms with Crippen LogP contribution >= 0.6 is 0 Å².